The third-order valence-electron chi connectivity index (χ3n) is 4.84. The third kappa shape index (κ3) is 7.65. The van der Waals surface area contributed by atoms with Crippen LogP contribution in [0.4, 0.5) is 4.39 Å². The molecule has 0 radical (unpaired) electrons. The van der Waals surface area contributed by atoms with Crippen LogP contribution < -0.4 is 5.32 Å². The molecular formula is C23H28ClFN2O2S. The molecule has 7 heteroatoms. The molecule has 4 nitrogen and oxygen atoms in total. The summed E-state index contributed by atoms with van der Waals surface area (Å²) in [5.74, 6) is 0.245. The van der Waals surface area contributed by atoms with Gasteiger partial charge in [-0.2, -0.15) is 0 Å². The first-order valence-electron chi connectivity index (χ1n) is 9.96. The highest BCUT2D eigenvalue weighted by atomic mass is 35.5. The number of nitrogens with zero attached hydrogens (tertiary/aromatic N) is 1. The minimum atomic E-state index is -0.603. The standard InChI is InChI=1S/C23H28ClFN2O2S/c1-4-16(2)26-23(29)17(3)27(13-18-5-9-20(24)10-6-18)22(28)15-30-14-19-7-11-21(25)12-8-19/h5-12,16-17H,4,13-15H2,1-3H3,(H,26,29). The number of amides is 2. The smallest absolute Gasteiger partial charge is 0.242 e. The van der Waals surface area contributed by atoms with Gasteiger partial charge in [0.15, 0.2) is 0 Å². The van der Waals surface area contributed by atoms with Crippen molar-refractivity contribution in [3.8, 4) is 0 Å². The molecule has 1 N–H and O–H groups in total. The molecule has 30 heavy (non-hydrogen) atoms. The van der Waals surface area contributed by atoms with Gasteiger partial charge in [-0.3, -0.25) is 9.59 Å². The number of rotatable bonds is 10. The number of nitrogens with one attached hydrogen (secondary N) is 1. The molecule has 0 aromatic heterocycles. The highest BCUT2D eigenvalue weighted by Crippen LogP contribution is 2.17. The molecule has 2 atom stereocenters. The van der Waals surface area contributed by atoms with E-state index in [1.165, 1.54) is 23.9 Å². The lowest BCUT2D eigenvalue weighted by molar-refractivity contribution is -0.138. The molecule has 0 aliphatic heterocycles. The van der Waals surface area contributed by atoms with Crippen LogP contribution in [0.2, 0.25) is 5.02 Å². The number of hydrogen-bond donors (Lipinski definition) is 1. The zero-order valence-corrected chi connectivity index (χ0v) is 19.1. The van der Waals surface area contributed by atoms with Gasteiger partial charge in [-0.15, -0.1) is 11.8 Å². The van der Waals surface area contributed by atoms with Crippen molar-refractivity contribution in [2.24, 2.45) is 0 Å². The van der Waals surface area contributed by atoms with Crippen LogP contribution in [0.25, 0.3) is 0 Å². The minimum absolute atomic E-state index is 0.0419. The van der Waals surface area contributed by atoms with Crippen molar-refractivity contribution in [1.82, 2.24) is 10.2 Å². The first-order chi connectivity index (χ1) is 14.3. The summed E-state index contributed by atoms with van der Waals surface area (Å²) in [6, 6.07) is 12.9. The Kier molecular flexibility index (Phi) is 9.66. The van der Waals surface area contributed by atoms with E-state index < -0.39 is 6.04 Å². The van der Waals surface area contributed by atoms with E-state index in [0.717, 1.165) is 17.5 Å². The molecule has 2 aromatic rings. The van der Waals surface area contributed by atoms with Gasteiger partial charge in [0.2, 0.25) is 11.8 Å². The molecule has 2 unspecified atom stereocenters. The topological polar surface area (TPSA) is 49.4 Å². The van der Waals surface area contributed by atoms with E-state index in [-0.39, 0.29) is 29.4 Å². The molecule has 0 saturated carbocycles. The largest absolute Gasteiger partial charge is 0.352 e. The van der Waals surface area contributed by atoms with Crippen LogP contribution in [0.15, 0.2) is 48.5 Å². The Morgan fingerprint density at radius 1 is 1.07 bits per heavy atom. The Labute approximate surface area is 187 Å². The number of benzene rings is 2. The van der Waals surface area contributed by atoms with Crippen LogP contribution in [-0.2, 0) is 21.9 Å². The summed E-state index contributed by atoms with van der Waals surface area (Å²) in [4.78, 5) is 27.3. The molecular weight excluding hydrogens is 423 g/mol. The lowest BCUT2D eigenvalue weighted by atomic mass is 10.1. The van der Waals surface area contributed by atoms with Gasteiger partial charge in [0, 0.05) is 23.4 Å². The lowest BCUT2D eigenvalue weighted by Gasteiger charge is -2.29. The molecule has 0 spiro atoms. The van der Waals surface area contributed by atoms with Crippen LogP contribution in [0.1, 0.15) is 38.3 Å². The van der Waals surface area contributed by atoms with Crippen LogP contribution >= 0.6 is 23.4 Å². The van der Waals surface area contributed by atoms with Crippen molar-refractivity contribution in [3.05, 3.63) is 70.5 Å². The molecule has 2 aromatic carbocycles. The van der Waals surface area contributed by atoms with Gasteiger partial charge in [0.1, 0.15) is 11.9 Å². The molecule has 0 bridgehead atoms. The second-order valence-electron chi connectivity index (χ2n) is 7.26. The summed E-state index contributed by atoms with van der Waals surface area (Å²) in [7, 11) is 0. The van der Waals surface area contributed by atoms with Crippen molar-refractivity contribution in [2.45, 2.75) is 51.6 Å². The van der Waals surface area contributed by atoms with E-state index >= 15 is 0 Å². The highest BCUT2D eigenvalue weighted by molar-refractivity contribution is 7.99. The third-order valence-corrected chi connectivity index (χ3v) is 6.08. The van der Waals surface area contributed by atoms with E-state index in [1.54, 1.807) is 36.1 Å². The number of hydrogen-bond acceptors (Lipinski definition) is 3. The van der Waals surface area contributed by atoms with E-state index in [1.807, 2.05) is 26.0 Å². The summed E-state index contributed by atoms with van der Waals surface area (Å²) in [6.45, 7) is 6.01. The van der Waals surface area contributed by atoms with E-state index in [2.05, 4.69) is 5.32 Å². The highest BCUT2D eigenvalue weighted by Gasteiger charge is 2.26. The zero-order valence-electron chi connectivity index (χ0n) is 17.5. The van der Waals surface area contributed by atoms with Gasteiger partial charge >= 0.3 is 0 Å². The van der Waals surface area contributed by atoms with E-state index in [4.69, 9.17) is 11.6 Å². The van der Waals surface area contributed by atoms with Gasteiger partial charge in [0.05, 0.1) is 5.75 Å². The molecule has 162 valence electrons. The fourth-order valence-corrected chi connectivity index (χ4v) is 3.75. The van der Waals surface area contributed by atoms with Crippen molar-refractivity contribution in [3.63, 3.8) is 0 Å². The Hall–Kier alpha value is -2.05. The SMILES string of the molecule is CCC(C)NC(=O)C(C)N(Cc1ccc(Cl)cc1)C(=O)CSCc1ccc(F)cc1. The summed E-state index contributed by atoms with van der Waals surface area (Å²) in [6.07, 6.45) is 0.817. The monoisotopic (exact) mass is 450 g/mol. The lowest BCUT2D eigenvalue weighted by Crippen LogP contribution is -2.50. The van der Waals surface area contributed by atoms with E-state index in [9.17, 15) is 14.0 Å². The van der Waals surface area contributed by atoms with Crippen molar-refractivity contribution in [2.75, 3.05) is 5.75 Å². The molecule has 2 amide bonds. The van der Waals surface area contributed by atoms with Crippen molar-refractivity contribution < 1.29 is 14.0 Å². The first-order valence-corrected chi connectivity index (χ1v) is 11.5. The zero-order chi connectivity index (χ0) is 22.1. The maximum absolute atomic E-state index is 13.0. The quantitative estimate of drug-likeness (QED) is 0.551. The van der Waals surface area contributed by atoms with Crippen molar-refractivity contribution >= 4 is 35.2 Å². The van der Waals surface area contributed by atoms with Crippen molar-refractivity contribution in [1.29, 1.82) is 0 Å². The molecule has 0 aliphatic rings. The van der Waals surface area contributed by atoms with Gasteiger partial charge in [-0.05, 0) is 55.7 Å². The van der Waals surface area contributed by atoms with Crippen LogP contribution in [0.3, 0.4) is 0 Å². The number of carbonyl (C=O) groups excluding carboxylic acids is 2. The fraction of sp³-hybridized carbons (Fsp3) is 0.391. The predicted octanol–water partition coefficient (Wildman–Crippen LogP) is 5.04. The molecule has 0 fully saturated rings. The summed E-state index contributed by atoms with van der Waals surface area (Å²) >= 11 is 7.40. The maximum Gasteiger partial charge on any atom is 0.242 e. The van der Waals surface area contributed by atoms with Gasteiger partial charge in [0.25, 0.3) is 0 Å². The van der Waals surface area contributed by atoms with Crippen LogP contribution in [-0.4, -0.2) is 34.6 Å². The molecule has 2 rings (SSSR count). The van der Waals surface area contributed by atoms with Crippen LogP contribution in [0, 0.1) is 5.82 Å². The Morgan fingerprint density at radius 2 is 1.67 bits per heavy atom. The molecule has 0 aliphatic carbocycles. The average Bonchev–Trinajstić information content (AvgIpc) is 2.74. The molecule has 0 saturated heterocycles. The molecule has 0 heterocycles. The van der Waals surface area contributed by atoms with Gasteiger partial charge in [-0.1, -0.05) is 42.8 Å². The second kappa shape index (κ2) is 12.0. The minimum Gasteiger partial charge on any atom is -0.352 e. The van der Waals surface area contributed by atoms with E-state index in [0.29, 0.717) is 17.3 Å². The predicted molar refractivity (Wildman–Crippen MR) is 122 cm³/mol. The summed E-state index contributed by atoms with van der Waals surface area (Å²) in [5.41, 5.74) is 1.85. The summed E-state index contributed by atoms with van der Waals surface area (Å²) < 4.78 is 13.0. The Morgan fingerprint density at radius 3 is 2.27 bits per heavy atom. The number of thioether (sulfide) groups is 1. The van der Waals surface area contributed by atoms with Crippen LogP contribution in [0.5, 0.6) is 0 Å². The number of halogens is 2. The van der Waals surface area contributed by atoms with Gasteiger partial charge < -0.3 is 10.2 Å². The summed E-state index contributed by atoms with van der Waals surface area (Å²) in [5, 5.41) is 3.57. The van der Waals surface area contributed by atoms with Gasteiger partial charge in [-0.25, -0.2) is 4.39 Å². The average molecular weight is 451 g/mol. The number of carbonyl (C=O) groups is 2. The fourth-order valence-electron chi connectivity index (χ4n) is 2.75. The second-order valence-corrected chi connectivity index (χ2v) is 8.68. The Balaban J connectivity index is 2.06. The Bertz CT molecular complexity index is 830. The first kappa shape index (κ1) is 24.2. The normalized spacial score (nSPS) is 12.8. The maximum atomic E-state index is 13.0.